The van der Waals surface area contributed by atoms with E-state index in [1.165, 1.54) is 24.8 Å². The standard InChI is InChI=1S/C19H24O3Si/c1-10-7-13(9-14(20)22-10)17-15-11-5-6-12(8-11)16(15)18(21)19(17)23(2,3)4/h7,9,11-12,15-16H,5-6,8H2,1-4H3/t11-,12+,15+,16-/m0/s1. The Balaban J connectivity index is 1.96. The number of allylic oxidation sites excluding steroid dienone is 2. The van der Waals surface area contributed by atoms with Gasteiger partial charge in [-0.3, -0.25) is 4.79 Å². The molecule has 4 atom stereocenters. The lowest BCUT2D eigenvalue weighted by atomic mass is 9.77. The van der Waals surface area contributed by atoms with Crippen molar-refractivity contribution in [2.45, 2.75) is 45.8 Å². The summed E-state index contributed by atoms with van der Waals surface area (Å²) in [6.07, 6.45) is 3.64. The first-order chi connectivity index (χ1) is 10.8. The molecule has 0 radical (unpaired) electrons. The number of carbonyl (C=O) groups excluding carboxylic acids is 1. The van der Waals surface area contributed by atoms with Crippen LogP contribution in [0.15, 0.2) is 26.5 Å². The van der Waals surface area contributed by atoms with Gasteiger partial charge in [0.05, 0.1) is 8.07 Å². The Morgan fingerprint density at radius 3 is 2.30 bits per heavy atom. The van der Waals surface area contributed by atoms with E-state index in [9.17, 15) is 9.59 Å². The van der Waals surface area contributed by atoms with E-state index in [0.717, 1.165) is 10.8 Å². The topological polar surface area (TPSA) is 47.3 Å². The highest BCUT2D eigenvalue weighted by Gasteiger charge is 2.58. The zero-order chi connectivity index (χ0) is 16.5. The minimum atomic E-state index is -1.77. The molecule has 2 saturated carbocycles. The third-order valence-electron chi connectivity index (χ3n) is 6.02. The molecule has 1 heterocycles. The molecular formula is C19H24O3Si. The van der Waals surface area contributed by atoms with Gasteiger partial charge in [-0.1, -0.05) is 19.6 Å². The number of hydrogen-bond donors (Lipinski definition) is 0. The average molecular weight is 328 g/mol. The Bertz CT molecular complexity index is 781. The van der Waals surface area contributed by atoms with Gasteiger partial charge in [-0.05, 0) is 66.3 Å². The maximum absolute atomic E-state index is 13.3. The molecule has 122 valence electrons. The number of hydrogen-bond acceptors (Lipinski definition) is 3. The predicted octanol–water partition coefficient (Wildman–Crippen LogP) is 3.82. The lowest BCUT2D eigenvalue weighted by molar-refractivity contribution is -0.120. The fraction of sp³-hybridized carbons (Fsp3) is 0.579. The van der Waals surface area contributed by atoms with Crippen LogP contribution in [-0.4, -0.2) is 13.9 Å². The van der Waals surface area contributed by atoms with Crippen molar-refractivity contribution in [1.82, 2.24) is 0 Å². The zero-order valence-electron chi connectivity index (χ0n) is 14.3. The van der Waals surface area contributed by atoms with Crippen molar-refractivity contribution in [3.8, 4) is 0 Å². The molecule has 0 N–H and O–H groups in total. The van der Waals surface area contributed by atoms with Gasteiger partial charge < -0.3 is 4.42 Å². The van der Waals surface area contributed by atoms with Gasteiger partial charge in [-0.15, -0.1) is 0 Å². The lowest BCUT2D eigenvalue weighted by Crippen LogP contribution is -2.32. The van der Waals surface area contributed by atoms with Crippen molar-refractivity contribution in [1.29, 1.82) is 0 Å². The Labute approximate surface area is 137 Å². The first-order valence-electron chi connectivity index (χ1n) is 8.68. The third kappa shape index (κ3) is 2.14. The van der Waals surface area contributed by atoms with Crippen LogP contribution in [0.3, 0.4) is 0 Å². The van der Waals surface area contributed by atoms with Crippen LogP contribution in [0.25, 0.3) is 5.57 Å². The van der Waals surface area contributed by atoms with Gasteiger partial charge in [0.2, 0.25) is 0 Å². The zero-order valence-corrected chi connectivity index (χ0v) is 15.3. The molecule has 0 aliphatic heterocycles. The number of Topliss-reactive ketones (excluding diaryl/α,β-unsaturated/α-hetero) is 1. The number of aryl methyl sites for hydroxylation is 1. The Kier molecular flexibility index (Phi) is 3.15. The molecule has 0 spiro atoms. The summed E-state index contributed by atoms with van der Waals surface area (Å²) in [7, 11) is -1.77. The molecule has 2 fully saturated rings. The fourth-order valence-electron chi connectivity index (χ4n) is 5.42. The second kappa shape index (κ2) is 4.79. The van der Waals surface area contributed by atoms with Gasteiger partial charge in [-0.2, -0.15) is 0 Å². The maximum Gasteiger partial charge on any atom is 0.336 e. The van der Waals surface area contributed by atoms with Crippen molar-refractivity contribution < 1.29 is 9.21 Å². The Morgan fingerprint density at radius 1 is 1.04 bits per heavy atom. The van der Waals surface area contributed by atoms with Crippen molar-refractivity contribution in [2.24, 2.45) is 23.7 Å². The van der Waals surface area contributed by atoms with E-state index >= 15 is 0 Å². The molecule has 2 bridgehead atoms. The van der Waals surface area contributed by atoms with Crippen molar-refractivity contribution in [3.63, 3.8) is 0 Å². The molecule has 1 aromatic heterocycles. The normalized spacial score (nSPS) is 32.8. The molecule has 4 heteroatoms. The summed E-state index contributed by atoms with van der Waals surface area (Å²) in [5.74, 6) is 2.78. The predicted molar refractivity (Wildman–Crippen MR) is 92.8 cm³/mol. The fourth-order valence-corrected chi connectivity index (χ4v) is 7.45. The highest BCUT2D eigenvalue weighted by Crippen LogP contribution is 2.62. The highest BCUT2D eigenvalue weighted by atomic mass is 28.3. The largest absolute Gasteiger partial charge is 0.428 e. The summed E-state index contributed by atoms with van der Waals surface area (Å²) in [5.41, 5.74) is 1.86. The van der Waals surface area contributed by atoms with E-state index in [-0.39, 0.29) is 11.5 Å². The van der Waals surface area contributed by atoms with E-state index in [2.05, 4.69) is 19.6 Å². The van der Waals surface area contributed by atoms with Crippen LogP contribution in [-0.2, 0) is 4.79 Å². The van der Waals surface area contributed by atoms with Crippen LogP contribution in [0.4, 0.5) is 0 Å². The second-order valence-corrected chi connectivity index (χ2v) is 13.6. The van der Waals surface area contributed by atoms with Gasteiger partial charge in [0.15, 0.2) is 5.78 Å². The van der Waals surface area contributed by atoms with Gasteiger partial charge in [0.25, 0.3) is 0 Å². The van der Waals surface area contributed by atoms with Crippen LogP contribution in [0.5, 0.6) is 0 Å². The first kappa shape index (κ1) is 15.1. The minimum Gasteiger partial charge on any atom is -0.428 e. The third-order valence-corrected chi connectivity index (χ3v) is 8.04. The summed E-state index contributed by atoms with van der Waals surface area (Å²) < 4.78 is 5.15. The molecule has 23 heavy (non-hydrogen) atoms. The van der Waals surface area contributed by atoms with Crippen LogP contribution < -0.4 is 5.63 Å². The second-order valence-electron chi connectivity index (χ2n) is 8.56. The minimum absolute atomic E-state index is 0.193. The molecule has 0 aromatic carbocycles. The molecule has 0 amide bonds. The van der Waals surface area contributed by atoms with Gasteiger partial charge >= 0.3 is 5.63 Å². The average Bonchev–Trinajstić information content (AvgIpc) is 3.07. The number of rotatable bonds is 2. The van der Waals surface area contributed by atoms with Crippen LogP contribution in [0.1, 0.15) is 30.6 Å². The molecule has 3 aliphatic carbocycles. The summed E-state index contributed by atoms with van der Waals surface area (Å²) in [5, 5.41) is 1.09. The van der Waals surface area contributed by atoms with Crippen molar-refractivity contribution >= 4 is 19.4 Å². The van der Waals surface area contributed by atoms with E-state index in [1.807, 2.05) is 13.0 Å². The smallest absolute Gasteiger partial charge is 0.336 e. The summed E-state index contributed by atoms with van der Waals surface area (Å²) >= 11 is 0. The van der Waals surface area contributed by atoms with Gasteiger partial charge in [0, 0.05) is 12.0 Å². The van der Waals surface area contributed by atoms with Crippen LogP contribution in [0.2, 0.25) is 19.6 Å². The maximum atomic E-state index is 13.3. The van der Waals surface area contributed by atoms with E-state index < -0.39 is 8.07 Å². The molecule has 1 aromatic rings. The van der Waals surface area contributed by atoms with E-state index in [1.54, 1.807) is 6.07 Å². The Morgan fingerprint density at radius 2 is 1.70 bits per heavy atom. The SMILES string of the molecule is Cc1cc(C2=C([Si](C)(C)C)C(=O)[C@H]3[C@@H]4CC[C@@H](C4)[C@@H]23)cc(=O)o1. The number of ketones is 1. The lowest BCUT2D eigenvalue weighted by Gasteiger charge is -2.26. The van der Waals surface area contributed by atoms with E-state index in [0.29, 0.717) is 29.3 Å². The van der Waals surface area contributed by atoms with Crippen LogP contribution >= 0.6 is 0 Å². The van der Waals surface area contributed by atoms with Crippen LogP contribution in [0, 0.1) is 30.6 Å². The molecule has 0 saturated heterocycles. The monoisotopic (exact) mass is 328 g/mol. The summed E-state index contributed by atoms with van der Waals surface area (Å²) in [6.45, 7) is 8.57. The summed E-state index contributed by atoms with van der Waals surface area (Å²) in [6, 6.07) is 3.56. The number of carbonyl (C=O) groups is 1. The molecule has 3 nitrogen and oxygen atoms in total. The summed E-state index contributed by atoms with van der Waals surface area (Å²) in [4.78, 5) is 25.1. The van der Waals surface area contributed by atoms with E-state index in [4.69, 9.17) is 4.42 Å². The molecular weight excluding hydrogens is 304 g/mol. The van der Waals surface area contributed by atoms with Gasteiger partial charge in [0.1, 0.15) is 5.76 Å². The molecule has 4 rings (SSSR count). The molecule has 0 unspecified atom stereocenters. The number of fused-ring (bicyclic) bond motifs is 5. The molecule has 3 aliphatic rings. The quantitative estimate of drug-likeness (QED) is 0.775. The first-order valence-corrected chi connectivity index (χ1v) is 12.2. The Hall–Kier alpha value is -1.42. The highest BCUT2D eigenvalue weighted by molar-refractivity contribution is 6.88. The van der Waals surface area contributed by atoms with Gasteiger partial charge in [-0.25, -0.2) is 4.79 Å². The van der Waals surface area contributed by atoms with Crippen molar-refractivity contribution in [2.75, 3.05) is 0 Å². The van der Waals surface area contributed by atoms with Crippen molar-refractivity contribution in [3.05, 3.63) is 39.1 Å².